The summed E-state index contributed by atoms with van der Waals surface area (Å²) in [6.07, 6.45) is 1.32. The van der Waals surface area contributed by atoms with Crippen molar-refractivity contribution in [2.24, 2.45) is 5.41 Å². The fourth-order valence-electron chi connectivity index (χ4n) is 2.54. The van der Waals surface area contributed by atoms with Gasteiger partial charge in [-0.1, -0.05) is 39.4 Å². The van der Waals surface area contributed by atoms with Gasteiger partial charge in [0.05, 0.1) is 0 Å². The third-order valence-electron chi connectivity index (χ3n) is 3.61. The van der Waals surface area contributed by atoms with Crippen molar-refractivity contribution in [3.05, 3.63) is 23.9 Å². The molecule has 1 aromatic heterocycles. The zero-order valence-electron chi connectivity index (χ0n) is 14.2. The molecule has 1 saturated heterocycles. The van der Waals surface area contributed by atoms with Crippen LogP contribution in [0, 0.1) is 16.9 Å². The first kappa shape index (κ1) is 16.7. The highest BCUT2D eigenvalue weighted by Crippen LogP contribution is 2.34. The van der Waals surface area contributed by atoms with Crippen LogP contribution in [0.4, 0.5) is 5.82 Å². The van der Waals surface area contributed by atoms with Crippen LogP contribution in [0.3, 0.4) is 0 Å². The Bertz CT molecular complexity index is 621. The van der Waals surface area contributed by atoms with Crippen LogP contribution in [-0.2, 0) is 9.53 Å². The first-order valence-electron chi connectivity index (χ1n) is 7.47. The number of anilines is 1. The highest BCUT2D eigenvalue weighted by Gasteiger charge is 2.47. The maximum absolute atomic E-state index is 12.4. The second-order valence-electron chi connectivity index (χ2n) is 7.43. The van der Waals surface area contributed by atoms with Crippen molar-refractivity contribution in [3.8, 4) is 11.5 Å². The number of rotatable bonds is 2. The summed E-state index contributed by atoms with van der Waals surface area (Å²) in [6, 6.07) is 3.79. The zero-order chi connectivity index (χ0) is 16.5. The summed E-state index contributed by atoms with van der Waals surface area (Å²) in [6.45, 7) is 11.3. The Balaban J connectivity index is 2.21. The van der Waals surface area contributed by atoms with Crippen LogP contribution < -0.4 is 4.90 Å². The largest absolute Gasteiger partial charge is 0.371 e. The molecule has 0 saturated carbocycles. The van der Waals surface area contributed by atoms with E-state index in [0.717, 1.165) is 5.56 Å². The van der Waals surface area contributed by atoms with Gasteiger partial charge >= 0.3 is 0 Å². The number of carbonyl (C=O) groups excluding carboxylic acids is 1. The summed E-state index contributed by atoms with van der Waals surface area (Å²) < 4.78 is 5.35. The minimum absolute atomic E-state index is 0.0269. The minimum atomic E-state index is -1.39. The summed E-state index contributed by atoms with van der Waals surface area (Å²) in [4.78, 5) is 18.5. The summed E-state index contributed by atoms with van der Waals surface area (Å²) in [7, 11) is 0.186. The molecule has 118 valence electrons. The van der Waals surface area contributed by atoms with Gasteiger partial charge in [-0.15, -0.1) is 5.54 Å². The molecule has 1 aromatic rings. The fraction of sp³-hybridized carbons (Fsp3) is 0.529. The average molecular weight is 316 g/mol. The Hall–Kier alpha value is -1.64. The number of amides is 1. The molecular weight excluding hydrogens is 292 g/mol. The Morgan fingerprint density at radius 3 is 2.50 bits per heavy atom. The third-order valence-corrected chi connectivity index (χ3v) is 4.48. The Kier molecular flexibility index (Phi) is 4.46. The molecule has 22 heavy (non-hydrogen) atoms. The topological polar surface area (TPSA) is 42.4 Å². The lowest BCUT2D eigenvalue weighted by Crippen LogP contribution is -2.33. The second kappa shape index (κ2) is 5.86. The van der Waals surface area contributed by atoms with E-state index in [1.807, 2.05) is 26.0 Å². The molecule has 1 aliphatic rings. The summed E-state index contributed by atoms with van der Waals surface area (Å²) >= 11 is 0. The lowest BCUT2D eigenvalue weighted by Gasteiger charge is -2.21. The van der Waals surface area contributed by atoms with Gasteiger partial charge in [0.2, 0.25) is 0 Å². The van der Waals surface area contributed by atoms with Gasteiger partial charge in [-0.2, -0.15) is 0 Å². The highest BCUT2D eigenvalue weighted by atomic mass is 28.3. The molecule has 1 amide bonds. The Morgan fingerprint density at radius 1 is 1.36 bits per heavy atom. The quantitative estimate of drug-likeness (QED) is 0.622. The standard InChI is InChI=1S/C17H24N2O2Si/c1-17(2)12-19(16(20)15(17)21-3)14-8-7-13(11-18-14)9-10-22(4,5)6/h7-8,11,15H,12H2,1-6H3/t15-/m1/s1. The molecule has 1 aliphatic heterocycles. The number of ether oxygens (including phenoxy) is 1. The smallest absolute Gasteiger partial charge is 0.257 e. The van der Waals surface area contributed by atoms with Crippen molar-refractivity contribution in [1.82, 2.24) is 4.98 Å². The molecule has 0 N–H and O–H groups in total. The molecule has 1 atom stereocenters. The van der Waals surface area contributed by atoms with Crippen LogP contribution in [0.2, 0.25) is 19.6 Å². The van der Waals surface area contributed by atoms with Crippen LogP contribution >= 0.6 is 0 Å². The van der Waals surface area contributed by atoms with E-state index in [2.05, 4.69) is 36.1 Å². The molecule has 0 radical (unpaired) electrons. The molecule has 0 bridgehead atoms. The minimum Gasteiger partial charge on any atom is -0.371 e. The molecule has 2 rings (SSSR count). The van der Waals surface area contributed by atoms with Crippen LogP contribution in [0.15, 0.2) is 18.3 Å². The van der Waals surface area contributed by atoms with Gasteiger partial charge in [-0.25, -0.2) is 4.98 Å². The van der Waals surface area contributed by atoms with Crippen LogP contribution in [-0.4, -0.2) is 38.7 Å². The van der Waals surface area contributed by atoms with E-state index in [4.69, 9.17) is 4.74 Å². The van der Waals surface area contributed by atoms with Gasteiger partial charge in [0.1, 0.15) is 20.0 Å². The fourth-order valence-corrected chi connectivity index (χ4v) is 3.06. The SMILES string of the molecule is CO[C@@H]1C(=O)N(c2ccc(C#C[Si](C)(C)C)cn2)CC1(C)C. The Morgan fingerprint density at radius 2 is 2.05 bits per heavy atom. The van der Waals surface area contributed by atoms with Gasteiger partial charge in [0, 0.05) is 30.8 Å². The molecule has 0 aliphatic carbocycles. The van der Waals surface area contributed by atoms with Gasteiger partial charge in [-0.05, 0) is 12.1 Å². The molecule has 0 unspecified atom stereocenters. The summed E-state index contributed by atoms with van der Waals surface area (Å²) in [5.74, 6) is 3.81. The molecule has 5 heteroatoms. The van der Waals surface area contributed by atoms with Gasteiger partial charge in [0.15, 0.2) is 0 Å². The number of carbonyl (C=O) groups is 1. The normalized spacial score (nSPS) is 20.7. The number of nitrogens with zero attached hydrogens (tertiary/aromatic N) is 2. The van der Waals surface area contributed by atoms with E-state index in [1.165, 1.54) is 0 Å². The zero-order valence-corrected chi connectivity index (χ0v) is 15.2. The second-order valence-corrected chi connectivity index (χ2v) is 12.2. The molecule has 2 heterocycles. The number of aromatic nitrogens is 1. The molecule has 4 nitrogen and oxygen atoms in total. The number of methoxy groups -OCH3 is 1. The van der Waals surface area contributed by atoms with Crippen molar-refractivity contribution in [2.45, 2.75) is 39.6 Å². The van der Waals surface area contributed by atoms with Crippen molar-refractivity contribution < 1.29 is 9.53 Å². The van der Waals surface area contributed by atoms with Crippen molar-refractivity contribution in [2.75, 3.05) is 18.6 Å². The van der Waals surface area contributed by atoms with Crippen molar-refractivity contribution >= 4 is 19.8 Å². The predicted octanol–water partition coefficient (Wildman–Crippen LogP) is 2.70. The van der Waals surface area contributed by atoms with E-state index >= 15 is 0 Å². The maximum Gasteiger partial charge on any atom is 0.257 e. The lowest BCUT2D eigenvalue weighted by atomic mass is 9.90. The molecule has 1 fully saturated rings. The summed E-state index contributed by atoms with van der Waals surface area (Å²) in [5.41, 5.74) is 3.98. The van der Waals surface area contributed by atoms with Gasteiger partial charge < -0.3 is 4.74 Å². The van der Waals surface area contributed by atoms with Gasteiger partial charge in [-0.3, -0.25) is 9.69 Å². The lowest BCUT2D eigenvalue weighted by molar-refractivity contribution is -0.128. The molecule has 0 aromatic carbocycles. The van der Waals surface area contributed by atoms with Gasteiger partial charge in [0.25, 0.3) is 5.91 Å². The first-order valence-corrected chi connectivity index (χ1v) is 11.0. The Labute approximate surface area is 133 Å². The van der Waals surface area contributed by atoms with Crippen LogP contribution in [0.5, 0.6) is 0 Å². The monoisotopic (exact) mass is 316 g/mol. The van der Waals surface area contributed by atoms with E-state index in [0.29, 0.717) is 12.4 Å². The average Bonchev–Trinajstić information content (AvgIpc) is 2.66. The number of hydrogen-bond acceptors (Lipinski definition) is 3. The molecule has 0 spiro atoms. The number of pyridine rings is 1. The predicted molar refractivity (Wildman–Crippen MR) is 91.4 cm³/mol. The number of hydrogen-bond donors (Lipinski definition) is 0. The molecular formula is C17H24N2O2Si. The third kappa shape index (κ3) is 3.57. The maximum atomic E-state index is 12.4. The van der Waals surface area contributed by atoms with E-state index in [1.54, 1.807) is 18.2 Å². The van der Waals surface area contributed by atoms with Crippen molar-refractivity contribution in [3.63, 3.8) is 0 Å². The van der Waals surface area contributed by atoms with Crippen molar-refractivity contribution in [1.29, 1.82) is 0 Å². The van der Waals surface area contributed by atoms with E-state index in [9.17, 15) is 4.79 Å². The van der Waals surface area contributed by atoms with E-state index in [-0.39, 0.29) is 11.3 Å². The first-order chi connectivity index (χ1) is 10.1. The highest BCUT2D eigenvalue weighted by molar-refractivity contribution is 6.83. The van der Waals surface area contributed by atoms with Crippen LogP contribution in [0.25, 0.3) is 0 Å². The summed E-state index contributed by atoms with van der Waals surface area (Å²) in [5, 5.41) is 0. The van der Waals surface area contributed by atoms with Crippen LogP contribution in [0.1, 0.15) is 19.4 Å². The van der Waals surface area contributed by atoms with E-state index < -0.39 is 14.2 Å².